The minimum atomic E-state index is -0.327. The van der Waals surface area contributed by atoms with Crippen LogP contribution in [-0.2, 0) is 0 Å². The number of primary amides is 1. The lowest BCUT2D eigenvalue weighted by atomic mass is 9.81. The molecule has 0 aromatic carbocycles. The van der Waals surface area contributed by atoms with E-state index < -0.39 is 0 Å². The maximum atomic E-state index is 11.8. The minimum absolute atomic E-state index is 0.232. The van der Waals surface area contributed by atoms with Gasteiger partial charge in [-0.15, -0.1) is 0 Å². The summed E-state index contributed by atoms with van der Waals surface area (Å²) in [7, 11) is 0. The van der Waals surface area contributed by atoms with E-state index in [4.69, 9.17) is 5.73 Å². The fourth-order valence-electron chi connectivity index (χ4n) is 2.95. The van der Waals surface area contributed by atoms with E-state index >= 15 is 0 Å². The molecule has 0 saturated heterocycles. The van der Waals surface area contributed by atoms with Crippen LogP contribution in [0.3, 0.4) is 0 Å². The van der Waals surface area contributed by atoms with Crippen LogP contribution in [0.4, 0.5) is 0 Å². The molecular formula is C15H22N2O. The van der Waals surface area contributed by atoms with Crippen LogP contribution in [0.25, 0.3) is 0 Å². The Morgan fingerprint density at radius 3 is 2.56 bits per heavy atom. The molecule has 1 aromatic rings. The number of rotatable bonds is 3. The van der Waals surface area contributed by atoms with E-state index in [1.54, 1.807) is 0 Å². The Labute approximate surface area is 109 Å². The summed E-state index contributed by atoms with van der Waals surface area (Å²) in [5.74, 6) is 0.394. The summed E-state index contributed by atoms with van der Waals surface area (Å²) in [6.45, 7) is 4.11. The maximum absolute atomic E-state index is 11.8. The molecule has 0 bridgehead atoms. The fraction of sp³-hybridized carbons (Fsp3) is 0.600. The van der Waals surface area contributed by atoms with E-state index in [-0.39, 0.29) is 11.8 Å². The zero-order valence-corrected chi connectivity index (χ0v) is 11.3. The Morgan fingerprint density at radius 1 is 1.33 bits per heavy atom. The quantitative estimate of drug-likeness (QED) is 0.889. The number of carbonyl (C=O) groups excluding carboxylic acids is 1. The van der Waals surface area contributed by atoms with Crippen LogP contribution in [0.15, 0.2) is 12.3 Å². The predicted octanol–water partition coefficient (Wildman–Crippen LogP) is 3.35. The van der Waals surface area contributed by atoms with Crippen LogP contribution in [0.1, 0.15) is 79.4 Å². The van der Waals surface area contributed by atoms with Crippen molar-refractivity contribution < 1.29 is 4.79 Å². The Kier molecular flexibility index (Phi) is 4.00. The first-order chi connectivity index (χ1) is 8.61. The first-order valence-corrected chi connectivity index (χ1v) is 6.90. The normalized spacial score (nSPS) is 17.1. The Bertz CT molecular complexity index is 434. The minimum Gasteiger partial charge on any atom is -0.366 e. The first-order valence-electron chi connectivity index (χ1n) is 6.90. The summed E-state index contributed by atoms with van der Waals surface area (Å²) in [6, 6.07) is 1.99. The molecule has 2 rings (SSSR count). The highest BCUT2D eigenvalue weighted by molar-refractivity contribution is 5.95. The van der Waals surface area contributed by atoms with Crippen molar-refractivity contribution in [2.75, 3.05) is 0 Å². The Morgan fingerprint density at radius 2 is 2.00 bits per heavy atom. The lowest BCUT2D eigenvalue weighted by Crippen LogP contribution is -2.20. The van der Waals surface area contributed by atoms with Gasteiger partial charge in [0.1, 0.15) is 0 Å². The second-order valence-corrected chi connectivity index (χ2v) is 5.51. The summed E-state index contributed by atoms with van der Waals surface area (Å²) in [5, 5.41) is 0. The molecule has 2 N–H and O–H groups in total. The van der Waals surface area contributed by atoms with E-state index in [0.29, 0.717) is 11.5 Å². The third-order valence-electron chi connectivity index (χ3n) is 3.85. The molecule has 1 saturated carbocycles. The van der Waals surface area contributed by atoms with Gasteiger partial charge >= 0.3 is 0 Å². The summed E-state index contributed by atoms with van der Waals surface area (Å²) in [4.78, 5) is 16.1. The van der Waals surface area contributed by atoms with Gasteiger partial charge in [-0.3, -0.25) is 9.78 Å². The van der Waals surface area contributed by atoms with Crippen molar-refractivity contribution in [3.8, 4) is 0 Å². The summed E-state index contributed by atoms with van der Waals surface area (Å²) >= 11 is 0. The van der Waals surface area contributed by atoms with E-state index in [1.807, 2.05) is 12.3 Å². The molecule has 1 aliphatic rings. The van der Waals surface area contributed by atoms with Gasteiger partial charge in [-0.1, -0.05) is 33.1 Å². The second kappa shape index (κ2) is 5.51. The van der Waals surface area contributed by atoms with E-state index in [0.717, 1.165) is 11.3 Å². The number of nitrogens with zero attached hydrogens (tertiary/aromatic N) is 1. The second-order valence-electron chi connectivity index (χ2n) is 5.51. The standard InChI is InChI=1S/C15H22N2O/c1-10(2)14-13(15(16)18)12(8-9-17-14)11-6-4-3-5-7-11/h8-11H,3-7H2,1-2H3,(H2,16,18). The average molecular weight is 246 g/mol. The fourth-order valence-corrected chi connectivity index (χ4v) is 2.95. The summed E-state index contributed by atoms with van der Waals surface area (Å²) in [5.41, 5.74) is 8.24. The van der Waals surface area contributed by atoms with Crippen LogP contribution in [0.2, 0.25) is 0 Å². The van der Waals surface area contributed by atoms with Crippen molar-refractivity contribution in [3.05, 3.63) is 29.1 Å². The number of carbonyl (C=O) groups is 1. The molecule has 1 amide bonds. The van der Waals surface area contributed by atoms with Crippen molar-refractivity contribution in [1.82, 2.24) is 4.98 Å². The van der Waals surface area contributed by atoms with Crippen LogP contribution in [-0.4, -0.2) is 10.9 Å². The number of nitrogens with two attached hydrogens (primary N) is 1. The molecule has 0 radical (unpaired) electrons. The van der Waals surface area contributed by atoms with Crippen LogP contribution in [0, 0.1) is 0 Å². The monoisotopic (exact) mass is 246 g/mol. The van der Waals surface area contributed by atoms with Crippen LogP contribution in [0.5, 0.6) is 0 Å². The molecule has 3 nitrogen and oxygen atoms in total. The van der Waals surface area contributed by atoms with Crippen LogP contribution < -0.4 is 5.73 Å². The number of pyridine rings is 1. The Balaban J connectivity index is 2.45. The lowest BCUT2D eigenvalue weighted by Gasteiger charge is -2.25. The summed E-state index contributed by atoms with van der Waals surface area (Å²) in [6.07, 6.45) is 7.98. The first kappa shape index (κ1) is 13.1. The SMILES string of the molecule is CC(C)c1nccc(C2CCCCC2)c1C(N)=O. The van der Waals surface area contributed by atoms with Gasteiger partial charge in [-0.25, -0.2) is 0 Å². The molecule has 0 spiro atoms. The molecular weight excluding hydrogens is 224 g/mol. The maximum Gasteiger partial charge on any atom is 0.250 e. The van der Waals surface area contributed by atoms with Crippen molar-refractivity contribution >= 4 is 5.91 Å². The van der Waals surface area contributed by atoms with E-state index in [2.05, 4.69) is 18.8 Å². The average Bonchev–Trinajstić information content (AvgIpc) is 2.38. The van der Waals surface area contributed by atoms with Gasteiger partial charge in [-0.2, -0.15) is 0 Å². The highest BCUT2D eigenvalue weighted by Gasteiger charge is 2.24. The van der Waals surface area contributed by atoms with Gasteiger partial charge in [0, 0.05) is 6.20 Å². The molecule has 0 unspecified atom stereocenters. The van der Waals surface area contributed by atoms with Gasteiger partial charge in [0.2, 0.25) is 0 Å². The summed E-state index contributed by atoms with van der Waals surface area (Å²) < 4.78 is 0. The smallest absolute Gasteiger partial charge is 0.250 e. The topological polar surface area (TPSA) is 56.0 Å². The van der Waals surface area contributed by atoms with Crippen molar-refractivity contribution in [1.29, 1.82) is 0 Å². The van der Waals surface area contributed by atoms with Crippen LogP contribution >= 0.6 is 0 Å². The lowest BCUT2D eigenvalue weighted by molar-refractivity contribution is 0.0997. The predicted molar refractivity (Wildman–Crippen MR) is 72.7 cm³/mol. The highest BCUT2D eigenvalue weighted by Crippen LogP contribution is 2.35. The molecule has 3 heteroatoms. The zero-order valence-electron chi connectivity index (χ0n) is 11.3. The zero-order chi connectivity index (χ0) is 13.1. The van der Waals surface area contributed by atoms with Crippen molar-refractivity contribution in [2.45, 2.75) is 57.8 Å². The van der Waals surface area contributed by atoms with Gasteiger partial charge in [0.25, 0.3) is 5.91 Å². The number of hydrogen-bond acceptors (Lipinski definition) is 2. The molecule has 1 fully saturated rings. The van der Waals surface area contributed by atoms with Crippen molar-refractivity contribution in [3.63, 3.8) is 0 Å². The van der Waals surface area contributed by atoms with Gasteiger partial charge in [0.05, 0.1) is 11.3 Å². The number of aromatic nitrogens is 1. The van der Waals surface area contributed by atoms with Gasteiger partial charge in [0.15, 0.2) is 0 Å². The molecule has 1 aliphatic carbocycles. The largest absolute Gasteiger partial charge is 0.366 e. The molecule has 0 atom stereocenters. The number of amides is 1. The molecule has 0 aliphatic heterocycles. The van der Waals surface area contributed by atoms with Crippen molar-refractivity contribution in [2.24, 2.45) is 5.73 Å². The molecule has 1 aromatic heterocycles. The third kappa shape index (κ3) is 2.55. The van der Waals surface area contributed by atoms with E-state index in [1.165, 1.54) is 32.1 Å². The van der Waals surface area contributed by atoms with Gasteiger partial charge < -0.3 is 5.73 Å². The molecule has 1 heterocycles. The van der Waals surface area contributed by atoms with E-state index in [9.17, 15) is 4.79 Å². The highest BCUT2D eigenvalue weighted by atomic mass is 16.1. The molecule has 18 heavy (non-hydrogen) atoms. The Hall–Kier alpha value is -1.38. The molecule has 98 valence electrons. The number of hydrogen-bond donors (Lipinski definition) is 1. The van der Waals surface area contributed by atoms with Gasteiger partial charge in [-0.05, 0) is 36.3 Å². The third-order valence-corrected chi connectivity index (χ3v) is 3.85.